The zero-order chi connectivity index (χ0) is 24.7. The highest BCUT2D eigenvalue weighted by Crippen LogP contribution is 2.33. The molecule has 0 bridgehead atoms. The van der Waals surface area contributed by atoms with Gasteiger partial charge in [-0.2, -0.15) is 5.10 Å². The molecule has 11 heteroatoms. The van der Waals surface area contributed by atoms with E-state index in [9.17, 15) is 9.59 Å². The molecule has 1 atom stereocenters. The van der Waals surface area contributed by atoms with Crippen LogP contribution in [0.15, 0.2) is 58.8 Å². The van der Waals surface area contributed by atoms with E-state index in [0.717, 1.165) is 0 Å². The lowest BCUT2D eigenvalue weighted by atomic mass is 9.95. The van der Waals surface area contributed by atoms with Crippen molar-refractivity contribution < 1.29 is 19.1 Å². The van der Waals surface area contributed by atoms with Gasteiger partial charge in [0.05, 0.1) is 34.5 Å². The van der Waals surface area contributed by atoms with Crippen LogP contribution in [0.3, 0.4) is 0 Å². The number of esters is 1. The Labute approximate surface area is 212 Å². The van der Waals surface area contributed by atoms with Crippen molar-refractivity contribution in [1.29, 1.82) is 0 Å². The molecule has 2 aromatic rings. The maximum Gasteiger partial charge on any atom is 0.338 e. The third kappa shape index (κ3) is 6.25. The lowest BCUT2D eigenvalue weighted by Gasteiger charge is -2.30. The average molecular weight is 521 g/mol. The molecule has 0 fully saturated rings. The summed E-state index contributed by atoms with van der Waals surface area (Å²) in [6.07, 6.45) is 1.36. The van der Waals surface area contributed by atoms with Crippen molar-refractivity contribution >= 4 is 58.6 Å². The van der Waals surface area contributed by atoms with Gasteiger partial charge in [0.25, 0.3) is 5.91 Å². The van der Waals surface area contributed by atoms with E-state index in [0.29, 0.717) is 43.3 Å². The summed E-state index contributed by atoms with van der Waals surface area (Å²) in [4.78, 5) is 24.9. The number of carbonyl (C=O) groups is 2. The van der Waals surface area contributed by atoms with E-state index in [4.69, 9.17) is 44.9 Å². The lowest BCUT2D eigenvalue weighted by molar-refractivity contribution is -0.139. The number of amides is 1. The number of carbonyl (C=O) groups excluding carboxylic acids is 2. The Morgan fingerprint density at radius 1 is 1.18 bits per heavy atom. The van der Waals surface area contributed by atoms with Crippen LogP contribution in [0.1, 0.15) is 31.0 Å². The first kappa shape index (κ1) is 25.5. The van der Waals surface area contributed by atoms with Gasteiger partial charge in [-0.3, -0.25) is 4.79 Å². The van der Waals surface area contributed by atoms with Gasteiger partial charge in [0.2, 0.25) is 0 Å². The number of hydrazone groups is 1. The van der Waals surface area contributed by atoms with Gasteiger partial charge in [-0.05, 0) is 44.3 Å². The van der Waals surface area contributed by atoms with Crippen LogP contribution in [0, 0.1) is 0 Å². The van der Waals surface area contributed by atoms with Crippen molar-refractivity contribution in [2.45, 2.75) is 19.9 Å². The number of halogens is 2. The zero-order valence-corrected chi connectivity index (χ0v) is 20.7. The fourth-order valence-corrected chi connectivity index (χ4v) is 4.00. The number of para-hydroxylation sites is 1. The molecule has 0 unspecified atom stereocenters. The van der Waals surface area contributed by atoms with Crippen LogP contribution in [-0.2, 0) is 14.3 Å². The topological polar surface area (TPSA) is 101 Å². The molecule has 2 aromatic carbocycles. The van der Waals surface area contributed by atoms with Crippen molar-refractivity contribution in [3.63, 3.8) is 0 Å². The molecule has 1 aliphatic heterocycles. The third-order valence-electron chi connectivity index (χ3n) is 4.74. The van der Waals surface area contributed by atoms with Crippen LogP contribution in [0.5, 0.6) is 5.75 Å². The van der Waals surface area contributed by atoms with E-state index in [2.05, 4.69) is 21.2 Å². The summed E-state index contributed by atoms with van der Waals surface area (Å²) in [6.45, 7) is 3.38. The molecule has 0 saturated carbocycles. The number of allylic oxidation sites excluding steroid dienone is 1. The minimum absolute atomic E-state index is 0.227. The van der Waals surface area contributed by atoms with E-state index in [1.165, 1.54) is 6.21 Å². The van der Waals surface area contributed by atoms with Crippen molar-refractivity contribution in [1.82, 2.24) is 16.1 Å². The van der Waals surface area contributed by atoms with Gasteiger partial charge in [-0.25, -0.2) is 10.2 Å². The molecule has 0 saturated heterocycles. The van der Waals surface area contributed by atoms with Gasteiger partial charge in [0.1, 0.15) is 5.75 Å². The van der Waals surface area contributed by atoms with Gasteiger partial charge in [0, 0.05) is 16.8 Å². The maximum absolute atomic E-state index is 12.6. The first-order valence-electron chi connectivity index (χ1n) is 10.2. The number of hydrogen-bond donors (Lipinski definition) is 3. The highest BCUT2D eigenvalue weighted by atomic mass is 35.5. The predicted octanol–water partition coefficient (Wildman–Crippen LogP) is 3.88. The number of nitrogens with one attached hydrogen (secondary N) is 3. The highest BCUT2D eigenvalue weighted by molar-refractivity contribution is 7.80. The number of nitrogens with zero attached hydrogens (tertiary/aromatic N) is 1. The highest BCUT2D eigenvalue weighted by Gasteiger charge is 2.32. The molecule has 178 valence electrons. The Morgan fingerprint density at radius 2 is 1.88 bits per heavy atom. The molecule has 1 amide bonds. The summed E-state index contributed by atoms with van der Waals surface area (Å²) in [7, 11) is 0. The molecular formula is C23H22Cl2N4O4S. The fraction of sp³-hybridized carbons (Fsp3) is 0.217. The monoisotopic (exact) mass is 520 g/mol. The molecule has 1 aliphatic rings. The van der Waals surface area contributed by atoms with Crippen molar-refractivity contribution in [2.24, 2.45) is 5.10 Å². The number of rotatable bonds is 8. The summed E-state index contributed by atoms with van der Waals surface area (Å²) in [5, 5.41) is 11.1. The molecule has 0 aliphatic carbocycles. The van der Waals surface area contributed by atoms with Gasteiger partial charge in [0.15, 0.2) is 11.7 Å². The van der Waals surface area contributed by atoms with Crippen LogP contribution < -0.4 is 20.8 Å². The second-order valence-corrected chi connectivity index (χ2v) is 8.27. The van der Waals surface area contributed by atoms with Crippen LogP contribution in [-0.4, -0.2) is 36.4 Å². The van der Waals surface area contributed by atoms with Crippen molar-refractivity contribution in [2.75, 3.05) is 13.2 Å². The summed E-state index contributed by atoms with van der Waals surface area (Å²) >= 11 is 17.4. The van der Waals surface area contributed by atoms with Crippen molar-refractivity contribution in [3.8, 4) is 5.75 Å². The lowest BCUT2D eigenvalue weighted by Crippen LogP contribution is -2.45. The van der Waals surface area contributed by atoms with E-state index >= 15 is 0 Å². The minimum Gasteiger partial charge on any atom is -0.483 e. The van der Waals surface area contributed by atoms with Gasteiger partial charge in [-0.15, -0.1) is 0 Å². The normalized spacial score (nSPS) is 15.5. The van der Waals surface area contributed by atoms with E-state index in [1.54, 1.807) is 56.3 Å². The molecule has 8 nitrogen and oxygen atoms in total. The van der Waals surface area contributed by atoms with Crippen LogP contribution in [0.2, 0.25) is 10.0 Å². The maximum atomic E-state index is 12.6. The third-order valence-corrected chi connectivity index (χ3v) is 5.61. The molecule has 0 spiro atoms. The summed E-state index contributed by atoms with van der Waals surface area (Å²) in [5.41, 5.74) is 4.42. The number of ether oxygens (including phenoxy) is 2. The Kier molecular flexibility index (Phi) is 8.86. The Morgan fingerprint density at radius 3 is 2.59 bits per heavy atom. The van der Waals surface area contributed by atoms with E-state index < -0.39 is 17.9 Å². The first-order valence-corrected chi connectivity index (χ1v) is 11.4. The summed E-state index contributed by atoms with van der Waals surface area (Å²) in [5.74, 6) is -0.583. The van der Waals surface area contributed by atoms with Crippen LogP contribution in [0.4, 0.5) is 0 Å². The summed E-state index contributed by atoms with van der Waals surface area (Å²) < 4.78 is 11.0. The number of benzene rings is 2. The van der Waals surface area contributed by atoms with Gasteiger partial charge < -0.3 is 20.1 Å². The van der Waals surface area contributed by atoms with Crippen LogP contribution in [0.25, 0.3) is 0 Å². The number of hydrogen-bond acceptors (Lipinski definition) is 6. The average Bonchev–Trinajstić information content (AvgIpc) is 2.79. The molecule has 0 aromatic heterocycles. The van der Waals surface area contributed by atoms with E-state index in [-0.39, 0.29) is 13.2 Å². The molecule has 0 radical (unpaired) electrons. The fourth-order valence-electron chi connectivity index (χ4n) is 3.24. The van der Waals surface area contributed by atoms with Crippen molar-refractivity contribution in [3.05, 3.63) is 74.9 Å². The largest absolute Gasteiger partial charge is 0.483 e. The first-order chi connectivity index (χ1) is 16.3. The Bertz CT molecular complexity index is 1150. The molecule has 3 rings (SSSR count). The second kappa shape index (κ2) is 11.8. The molecule has 3 N–H and O–H groups in total. The van der Waals surface area contributed by atoms with Crippen LogP contribution >= 0.6 is 35.4 Å². The second-order valence-electron chi connectivity index (χ2n) is 7.05. The smallest absolute Gasteiger partial charge is 0.338 e. The predicted molar refractivity (Wildman–Crippen MR) is 135 cm³/mol. The minimum atomic E-state index is -0.618. The Hall–Kier alpha value is -3.14. The molecular weight excluding hydrogens is 499 g/mol. The van der Waals surface area contributed by atoms with Gasteiger partial charge in [-0.1, -0.05) is 47.5 Å². The quantitative estimate of drug-likeness (QED) is 0.210. The summed E-state index contributed by atoms with van der Waals surface area (Å²) in [6, 6.07) is 11.4. The van der Waals surface area contributed by atoms with Gasteiger partial charge >= 0.3 is 5.97 Å². The Balaban J connectivity index is 1.73. The van der Waals surface area contributed by atoms with E-state index in [1.807, 2.05) is 0 Å². The standard InChI is InChI=1S/C23H22Cl2N4O4S/c1-3-32-22(31)20-13(2)27-23(34)28-21(20)14-7-4-5-10-18(14)33-12-19(30)29-26-11-15-16(24)8-6-9-17(15)25/h4-11,21H,3,12H2,1-2H3,(H,29,30)(H2,27,28,34)/t21-/m0/s1. The SMILES string of the molecule is CCOC(=O)C1=C(C)NC(=S)N[C@H]1c1ccccc1OCC(=O)NN=Cc1c(Cl)cccc1Cl. The molecule has 34 heavy (non-hydrogen) atoms. The molecule has 1 heterocycles. The zero-order valence-electron chi connectivity index (χ0n) is 18.4. The number of thiocarbonyl (C=S) groups is 1.